The number of hydrogen-bond acceptors (Lipinski definition) is 4. The summed E-state index contributed by atoms with van der Waals surface area (Å²) in [6.07, 6.45) is 1.77. The summed E-state index contributed by atoms with van der Waals surface area (Å²) in [5, 5.41) is 2.93. The van der Waals surface area contributed by atoms with Gasteiger partial charge in [0.1, 0.15) is 17.2 Å². The minimum absolute atomic E-state index is 0.0396. The number of nitrogens with one attached hydrogen (secondary N) is 2. The number of carbonyl (C=O) groups is 1. The third-order valence-electron chi connectivity index (χ3n) is 4.93. The fraction of sp³-hybridized carbons (Fsp3) is 0.368. The number of nitrogens with zero attached hydrogens (tertiary/aromatic N) is 1. The summed E-state index contributed by atoms with van der Waals surface area (Å²) in [4.78, 5) is 28.7. The number of anilines is 1. The summed E-state index contributed by atoms with van der Waals surface area (Å²) in [5.74, 6) is -0.338. The van der Waals surface area contributed by atoms with Crippen LogP contribution in [0.1, 0.15) is 28.8 Å². The molecule has 4 N–H and O–H groups in total. The Labute approximate surface area is 175 Å². The van der Waals surface area contributed by atoms with Crippen LogP contribution in [0.15, 0.2) is 33.5 Å². The van der Waals surface area contributed by atoms with Crippen LogP contribution in [0.3, 0.4) is 0 Å². The van der Waals surface area contributed by atoms with Gasteiger partial charge in [-0.2, -0.15) is 0 Å². The number of piperidine rings is 1. The van der Waals surface area contributed by atoms with E-state index in [0.29, 0.717) is 24.6 Å². The van der Waals surface area contributed by atoms with Crippen LogP contribution in [0.25, 0.3) is 0 Å². The van der Waals surface area contributed by atoms with Crippen LogP contribution in [0.4, 0.5) is 10.2 Å². The van der Waals surface area contributed by atoms with E-state index < -0.39 is 11.5 Å². The van der Waals surface area contributed by atoms with Gasteiger partial charge in [-0.05, 0) is 50.0 Å². The average Bonchev–Trinajstić information content (AvgIpc) is 2.66. The Hall–Kier alpha value is -1.90. The van der Waals surface area contributed by atoms with E-state index in [4.69, 9.17) is 17.3 Å². The van der Waals surface area contributed by atoms with Crippen LogP contribution < -0.4 is 16.6 Å². The van der Waals surface area contributed by atoms with Crippen molar-refractivity contribution in [1.29, 1.82) is 0 Å². The molecule has 0 aliphatic carbocycles. The van der Waals surface area contributed by atoms with Gasteiger partial charge in [-0.3, -0.25) is 14.5 Å². The zero-order valence-electron chi connectivity index (χ0n) is 15.1. The number of likely N-dealkylation sites (tertiary alicyclic amines) is 1. The predicted octanol–water partition coefficient (Wildman–Crippen LogP) is 3.15. The molecule has 3 rings (SSSR count). The van der Waals surface area contributed by atoms with Crippen LogP contribution in [0, 0.1) is 11.7 Å². The first-order chi connectivity index (χ1) is 13.3. The topological polar surface area (TPSA) is 91.2 Å². The van der Waals surface area contributed by atoms with Crippen LogP contribution in [-0.2, 0) is 6.54 Å². The number of nitrogen functional groups attached to an aromatic ring is 1. The van der Waals surface area contributed by atoms with Gasteiger partial charge in [0.2, 0.25) is 0 Å². The fourth-order valence-electron chi connectivity index (χ4n) is 3.26. The van der Waals surface area contributed by atoms with Gasteiger partial charge in [0.25, 0.3) is 11.5 Å². The molecule has 1 aliphatic rings. The van der Waals surface area contributed by atoms with E-state index in [1.54, 1.807) is 6.07 Å². The number of aromatic nitrogens is 1. The molecular weight excluding hydrogens is 451 g/mol. The molecule has 2 heterocycles. The molecule has 9 heteroatoms. The van der Waals surface area contributed by atoms with Crippen molar-refractivity contribution in [2.75, 3.05) is 25.4 Å². The van der Waals surface area contributed by atoms with Crippen LogP contribution in [-0.4, -0.2) is 35.4 Å². The van der Waals surface area contributed by atoms with E-state index in [2.05, 4.69) is 31.1 Å². The summed E-state index contributed by atoms with van der Waals surface area (Å²) < 4.78 is 14.7. The molecular formula is C19H21BrClFN4O2. The van der Waals surface area contributed by atoms with Gasteiger partial charge in [-0.25, -0.2) is 4.39 Å². The average molecular weight is 472 g/mol. The first-order valence-electron chi connectivity index (χ1n) is 8.96. The minimum atomic E-state index is -0.564. The number of hydrogen-bond donors (Lipinski definition) is 3. The van der Waals surface area contributed by atoms with Crippen molar-refractivity contribution >= 4 is 39.3 Å². The Morgan fingerprint density at radius 3 is 2.75 bits per heavy atom. The molecule has 150 valence electrons. The van der Waals surface area contributed by atoms with E-state index in [1.807, 2.05) is 6.07 Å². The summed E-state index contributed by atoms with van der Waals surface area (Å²) in [5.41, 5.74) is 5.57. The molecule has 1 aliphatic heterocycles. The Kier molecular flexibility index (Phi) is 6.74. The van der Waals surface area contributed by atoms with Gasteiger partial charge in [0.05, 0.1) is 5.02 Å². The van der Waals surface area contributed by atoms with Crippen molar-refractivity contribution in [3.05, 3.63) is 61.1 Å². The lowest BCUT2D eigenvalue weighted by Crippen LogP contribution is -2.39. The first kappa shape index (κ1) is 20.8. The molecule has 1 aromatic carbocycles. The second kappa shape index (κ2) is 9.07. The lowest BCUT2D eigenvalue weighted by Gasteiger charge is -2.32. The van der Waals surface area contributed by atoms with Crippen molar-refractivity contribution in [3.8, 4) is 0 Å². The third kappa shape index (κ3) is 5.12. The number of aromatic amines is 1. The molecule has 0 spiro atoms. The molecule has 0 saturated carbocycles. The van der Waals surface area contributed by atoms with E-state index in [-0.39, 0.29) is 22.2 Å². The molecule has 28 heavy (non-hydrogen) atoms. The molecule has 0 atom stereocenters. The van der Waals surface area contributed by atoms with Crippen molar-refractivity contribution in [1.82, 2.24) is 15.2 Å². The quantitative estimate of drug-likeness (QED) is 0.625. The zero-order chi connectivity index (χ0) is 20.3. The first-order valence-corrected chi connectivity index (χ1v) is 10.1. The van der Waals surface area contributed by atoms with E-state index in [1.165, 1.54) is 12.1 Å². The minimum Gasteiger partial charge on any atom is -0.384 e. The monoisotopic (exact) mass is 470 g/mol. The highest BCUT2D eigenvalue weighted by Crippen LogP contribution is 2.21. The fourth-order valence-corrected chi connectivity index (χ4v) is 3.75. The Bertz CT molecular complexity index is 929. The number of pyridine rings is 1. The molecule has 1 aromatic heterocycles. The van der Waals surface area contributed by atoms with Crippen LogP contribution in [0.5, 0.6) is 0 Å². The molecule has 1 fully saturated rings. The zero-order valence-corrected chi connectivity index (χ0v) is 17.4. The number of H-pyrrole nitrogens is 1. The van der Waals surface area contributed by atoms with Crippen molar-refractivity contribution in [3.63, 3.8) is 0 Å². The summed E-state index contributed by atoms with van der Waals surface area (Å²) in [7, 11) is 0. The number of benzene rings is 1. The standard InChI is InChI=1S/C19H21BrClFN4O2/c20-13-2-1-12(16(22)7-13)10-26-5-3-11(4-6-26)9-24-18(27)14-8-15(21)17(23)25-19(14)28/h1-2,7-8,11H,3-6,9-10H2,(H,24,27)(H3,23,25,28). The number of amides is 1. The van der Waals surface area contributed by atoms with Crippen molar-refractivity contribution < 1.29 is 9.18 Å². The number of rotatable bonds is 5. The normalized spacial score (nSPS) is 15.5. The number of carbonyl (C=O) groups excluding carboxylic acids is 1. The molecule has 2 aromatic rings. The van der Waals surface area contributed by atoms with Crippen molar-refractivity contribution in [2.24, 2.45) is 5.92 Å². The summed E-state index contributed by atoms with van der Waals surface area (Å²) in [6, 6.07) is 6.38. The number of nitrogens with two attached hydrogens (primary N) is 1. The maximum Gasteiger partial charge on any atom is 0.262 e. The lowest BCUT2D eigenvalue weighted by atomic mass is 9.96. The summed E-state index contributed by atoms with van der Waals surface area (Å²) >= 11 is 9.13. The Morgan fingerprint density at radius 2 is 2.07 bits per heavy atom. The molecule has 0 radical (unpaired) electrons. The molecule has 0 bridgehead atoms. The van der Waals surface area contributed by atoms with Crippen LogP contribution in [0.2, 0.25) is 5.02 Å². The maximum absolute atomic E-state index is 14.0. The summed E-state index contributed by atoms with van der Waals surface area (Å²) in [6.45, 7) is 2.69. The highest BCUT2D eigenvalue weighted by molar-refractivity contribution is 9.10. The van der Waals surface area contributed by atoms with Gasteiger partial charge >= 0.3 is 0 Å². The predicted molar refractivity (Wildman–Crippen MR) is 111 cm³/mol. The second-order valence-electron chi connectivity index (χ2n) is 6.94. The Morgan fingerprint density at radius 1 is 1.36 bits per heavy atom. The molecule has 1 amide bonds. The van der Waals surface area contributed by atoms with Gasteiger partial charge in [0.15, 0.2) is 0 Å². The largest absolute Gasteiger partial charge is 0.384 e. The van der Waals surface area contributed by atoms with E-state index >= 15 is 0 Å². The van der Waals surface area contributed by atoms with Gasteiger partial charge in [-0.15, -0.1) is 0 Å². The Balaban J connectivity index is 1.49. The smallest absolute Gasteiger partial charge is 0.262 e. The van der Waals surface area contributed by atoms with Gasteiger partial charge < -0.3 is 16.0 Å². The van der Waals surface area contributed by atoms with Crippen LogP contribution >= 0.6 is 27.5 Å². The van der Waals surface area contributed by atoms with E-state index in [9.17, 15) is 14.0 Å². The lowest BCUT2D eigenvalue weighted by molar-refractivity contribution is 0.0933. The maximum atomic E-state index is 14.0. The third-order valence-corrected chi connectivity index (χ3v) is 5.74. The second-order valence-corrected chi connectivity index (χ2v) is 8.26. The molecule has 0 unspecified atom stereocenters. The molecule has 1 saturated heterocycles. The highest BCUT2D eigenvalue weighted by atomic mass is 79.9. The highest BCUT2D eigenvalue weighted by Gasteiger charge is 2.21. The SMILES string of the molecule is Nc1[nH]c(=O)c(C(=O)NCC2CCN(Cc3ccc(Br)cc3F)CC2)cc1Cl. The number of halogens is 3. The van der Waals surface area contributed by atoms with E-state index in [0.717, 1.165) is 30.4 Å². The van der Waals surface area contributed by atoms with Crippen molar-refractivity contribution in [2.45, 2.75) is 19.4 Å². The molecule has 6 nitrogen and oxygen atoms in total. The van der Waals surface area contributed by atoms with Gasteiger partial charge in [0, 0.05) is 23.1 Å². The van der Waals surface area contributed by atoms with Gasteiger partial charge in [-0.1, -0.05) is 33.6 Å².